The summed E-state index contributed by atoms with van der Waals surface area (Å²) in [6.45, 7) is 3.87. The lowest BCUT2D eigenvalue weighted by atomic mass is 9.99. The predicted octanol–water partition coefficient (Wildman–Crippen LogP) is 3.69. The molecule has 3 aromatic rings. The maximum atomic E-state index is 12.3. The molecule has 6 heteroatoms. The van der Waals surface area contributed by atoms with Crippen molar-refractivity contribution in [2.75, 3.05) is 6.54 Å². The molecule has 1 amide bonds. The van der Waals surface area contributed by atoms with E-state index in [4.69, 9.17) is 0 Å². The van der Waals surface area contributed by atoms with Crippen LogP contribution in [0.3, 0.4) is 0 Å². The highest BCUT2D eigenvalue weighted by Crippen LogP contribution is 2.24. The molecule has 0 saturated carbocycles. The molecule has 2 N–H and O–H groups in total. The van der Waals surface area contributed by atoms with Gasteiger partial charge in [0.2, 0.25) is 15.9 Å². The number of sulfonamides is 1. The van der Waals surface area contributed by atoms with Gasteiger partial charge in [0.1, 0.15) is 0 Å². The number of nitrogens with one attached hydrogen (secondary N) is 2. The Morgan fingerprint density at radius 1 is 0.964 bits per heavy atom. The molecule has 0 aliphatic rings. The third kappa shape index (κ3) is 4.77. The van der Waals surface area contributed by atoms with Gasteiger partial charge in [0, 0.05) is 13.0 Å². The van der Waals surface area contributed by atoms with E-state index in [1.807, 2.05) is 56.3 Å². The number of carbonyl (C=O) groups excluding carboxylic acids is 1. The van der Waals surface area contributed by atoms with Crippen molar-refractivity contribution in [2.45, 2.75) is 31.2 Å². The Labute approximate surface area is 165 Å². The summed E-state index contributed by atoms with van der Waals surface area (Å²) in [4.78, 5) is 12.5. The molecule has 3 aromatic carbocycles. The minimum Gasteiger partial charge on any atom is -0.350 e. The first-order chi connectivity index (χ1) is 13.4. The van der Waals surface area contributed by atoms with Crippen LogP contribution >= 0.6 is 0 Å². The molecule has 0 fully saturated rings. The van der Waals surface area contributed by atoms with Gasteiger partial charge >= 0.3 is 0 Å². The second-order valence-electron chi connectivity index (χ2n) is 6.82. The first-order valence-corrected chi connectivity index (χ1v) is 10.7. The summed E-state index contributed by atoms with van der Waals surface area (Å²) in [7, 11) is -3.61. The van der Waals surface area contributed by atoms with Crippen LogP contribution in [0.1, 0.15) is 30.5 Å². The summed E-state index contributed by atoms with van der Waals surface area (Å²) in [6.07, 6.45) is 0.0696. The van der Waals surface area contributed by atoms with Crippen LogP contribution in [0, 0.1) is 6.92 Å². The van der Waals surface area contributed by atoms with E-state index in [2.05, 4.69) is 10.0 Å². The van der Waals surface area contributed by atoms with Gasteiger partial charge in [-0.05, 0) is 42.3 Å². The first-order valence-electron chi connectivity index (χ1n) is 9.20. The van der Waals surface area contributed by atoms with Gasteiger partial charge in [0.15, 0.2) is 0 Å². The van der Waals surface area contributed by atoms with E-state index in [-0.39, 0.29) is 29.8 Å². The van der Waals surface area contributed by atoms with Crippen molar-refractivity contribution >= 4 is 26.7 Å². The normalized spacial score (nSPS) is 12.6. The summed E-state index contributed by atoms with van der Waals surface area (Å²) >= 11 is 0. The number of fused-ring (bicyclic) bond motifs is 1. The van der Waals surface area contributed by atoms with Gasteiger partial charge < -0.3 is 5.32 Å². The van der Waals surface area contributed by atoms with Crippen LogP contribution in [0.5, 0.6) is 0 Å². The molecule has 3 rings (SSSR count). The third-order valence-electron chi connectivity index (χ3n) is 4.64. The third-order valence-corrected chi connectivity index (χ3v) is 6.12. The minimum absolute atomic E-state index is 0.0459. The molecule has 146 valence electrons. The van der Waals surface area contributed by atoms with Crippen molar-refractivity contribution in [3.05, 3.63) is 77.9 Å². The minimum atomic E-state index is -3.61. The second kappa shape index (κ2) is 8.54. The average molecular weight is 397 g/mol. The van der Waals surface area contributed by atoms with Crippen LogP contribution in [-0.2, 0) is 14.8 Å². The molecule has 0 aliphatic carbocycles. The lowest BCUT2D eigenvalue weighted by Crippen LogP contribution is -2.32. The summed E-state index contributed by atoms with van der Waals surface area (Å²) in [6, 6.07) is 20.4. The lowest BCUT2D eigenvalue weighted by molar-refractivity contribution is -0.121. The van der Waals surface area contributed by atoms with E-state index >= 15 is 0 Å². The standard InChI is InChI=1S/C22H24N2O3S/c1-16-10-12-19(13-11-16)28(26,27)23-15-14-22(25)24-17(2)20-9-5-7-18-6-3-4-8-21(18)20/h3-13,17,23H,14-15H2,1-2H3,(H,24,25). The Hall–Kier alpha value is -2.70. The molecule has 28 heavy (non-hydrogen) atoms. The highest BCUT2D eigenvalue weighted by atomic mass is 32.2. The quantitative estimate of drug-likeness (QED) is 0.639. The fraction of sp³-hybridized carbons (Fsp3) is 0.227. The Morgan fingerprint density at radius 3 is 2.39 bits per heavy atom. The van der Waals surface area contributed by atoms with Gasteiger partial charge in [-0.3, -0.25) is 4.79 Å². The lowest BCUT2D eigenvalue weighted by Gasteiger charge is -2.17. The van der Waals surface area contributed by atoms with Crippen LogP contribution in [0.2, 0.25) is 0 Å². The van der Waals surface area contributed by atoms with Crippen LogP contribution in [0.4, 0.5) is 0 Å². The molecule has 1 unspecified atom stereocenters. The molecule has 0 saturated heterocycles. The average Bonchev–Trinajstić information content (AvgIpc) is 2.67. The molecule has 0 bridgehead atoms. The topological polar surface area (TPSA) is 75.3 Å². The predicted molar refractivity (Wildman–Crippen MR) is 111 cm³/mol. The monoisotopic (exact) mass is 396 g/mol. The van der Waals surface area contributed by atoms with Crippen molar-refractivity contribution in [1.82, 2.24) is 10.0 Å². The van der Waals surface area contributed by atoms with Gasteiger partial charge in [-0.2, -0.15) is 0 Å². The Kier molecular flexibility index (Phi) is 6.11. The number of amides is 1. The van der Waals surface area contributed by atoms with Crippen molar-refractivity contribution in [3.63, 3.8) is 0 Å². The molecule has 5 nitrogen and oxygen atoms in total. The van der Waals surface area contributed by atoms with E-state index in [1.54, 1.807) is 24.3 Å². The molecular formula is C22H24N2O3S. The number of hydrogen-bond acceptors (Lipinski definition) is 3. The van der Waals surface area contributed by atoms with E-state index in [0.29, 0.717) is 0 Å². The Balaban J connectivity index is 1.57. The molecule has 0 spiro atoms. The van der Waals surface area contributed by atoms with Gasteiger partial charge in [-0.15, -0.1) is 0 Å². The Bertz CT molecular complexity index is 1070. The van der Waals surface area contributed by atoms with E-state index in [1.165, 1.54) is 0 Å². The summed E-state index contributed by atoms with van der Waals surface area (Å²) in [5.41, 5.74) is 2.02. The zero-order valence-electron chi connectivity index (χ0n) is 16.0. The van der Waals surface area contributed by atoms with Gasteiger partial charge in [0.05, 0.1) is 10.9 Å². The molecular weight excluding hydrogens is 372 g/mol. The zero-order valence-corrected chi connectivity index (χ0v) is 16.8. The van der Waals surface area contributed by atoms with Crippen molar-refractivity contribution < 1.29 is 13.2 Å². The van der Waals surface area contributed by atoms with Crippen molar-refractivity contribution in [1.29, 1.82) is 0 Å². The van der Waals surface area contributed by atoms with Crippen LogP contribution in [0.15, 0.2) is 71.6 Å². The first kappa shape index (κ1) is 20.0. The molecule has 0 aromatic heterocycles. The van der Waals surface area contributed by atoms with Crippen LogP contribution < -0.4 is 10.0 Å². The number of rotatable bonds is 7. The van der Waals surface area contributed by atoms with E-state index in [0.717, 1.165) is 21.9 Å². The van der Waals surface area contributed by atoms with Crippen molar-refractivity contribution in [3.8, 4) is 0 Å². The summed E-state index contributed by atoms with van der Waals surface area (Å²) in [5.74, 6) is -0.202. The van der Waals surface area contributed by atoms with E-state index in [9.17, 15) is 13.2 Å². The molecule has 0 aliphatic heterocycles. The van der Waals surface area contributed by atoms with Crippen LogP contribution in [-0.4, -0.2) is 20.9 Å². The SMILES string of the molecule is Cc1ccc(S(=O)(=O)NCCC(=O)NC(C)c2cccc3ccccc23)cc1. The van der Waals surface area contributed by atoms with Gasteiger partial charge in [-0.25, -0.2) is 13.1 Å². The van der Waals surface area contributed by atoms with Gasteiger partial charge in [0.25, 0.3) is 0 Å². The smallest absolute Gasteiger partial charge is 0.240 e. The number of benzene rings is 3. The molecule has 0 radical (unpaired) electrons. The number of aryl methyl sites for hydroxylation is 1. The van der Waals surface area contributed by atoms with Crippen LogP contribution in [0.25, 0.3) is 10.8 Å². The Morgan fingerprint density at radius 2 is 1.64 bits per heavy atom. The van der Waals surface area contributed by atoms with E-state index < -0.39 is 10.0 Å². The van der Waals surface area contributed by atoms with Gasteiger partial charge in [-0.1, -0.05) is 60.2 Å². The molecule has 1 atom stereocenters. The summed E-state index contributed by atoms with van der Waals surface area (Å²) < 4.78 is 27.0. The molecule has 0 heterocycles. The highest BCUT2D eigenvalue weighted by molar-refractivity contribution is 7.89. The number of carbonyl (C=O) groups is 1. The largest absolute Gasteiger partial charge is 0.350 e. The fourth-order valence-electron chi connectivity index (χ4n) is 3.12. The van der Waals surface area contributed by atoms with Crippen molar-refractivity contribution in [2.24, 2.45) is 0 Å². The number of hydrogen-bond donors (Lipinski definition) is 2. The second-order valence-corrected chi connectivity index (χ2v) is 8.59. The summed E-state index contributed by atoms with van der Waals surface area (Å²) in [5, 5.41) is 5.16. The maximum absolute atomic E-state index is 12.3. The fourth-order valence-corrected chi connectivity index (χ4v) is 4.15. The zero-order chi connectivity index (χ0) is 20.1. The highest BCUT2D eigenvalue weighted by Gasteiger charge is 2.15. The maximum Gasteiger partial charge on any atom is 0.240 e.